The summed E-state index contributed by atoms with van der Waals surface area (Å²) in [6.45, 7) is 5.13. The zero-order valence-corrected chi connectivity index (χ0v) is 17.9. The molecular formula is C22H31ClN4O2. The summed E-state index contributed by atoms with van der Waals surface area (Å²) in [5.74, 6) is 2.37. The van der Waals surface area contributed by atoms with Gasteiger partial charge in [0.15, 0.2) is 0 Å². The summed E-state index contributed by atoms with van der Waals surface area (Å²) in [5.41, 5.74) is 0.935. The molecule has 0 spiro atoms. The lowest BCUT2D eigenvalue weighted by Gasteiger charge is -2.35. The Morgan fingerprint density at radius 1 is 1.24 bits per heavy atom. The zero-order chi connectivity index (χ0) is 19.3. The van der Waals surface area contributed by atoms with Gasteiger partial charge in [-0.3, -0.25) is 4.79 Å². The second kappa shape index (κ2) is 10.2. The Morgan fingerprint density at radius 2 is 2.07 bits per heavy atom. The summed E-state index contributed by atoms with van der Waals surface area (Å²) in [5, 5.41) is 7.62. The molecule has 29 heavy (non-hydrogen) atoms. The van der Waals surface area contributed by atoms with Crippen molar-refractivity contribution in [1.29, 1.82) is 0 Å². The highest BCUT2D eigenvalue weighted by molar-refractivity contribution is 5.85. The summed E-state index contributed by atoms with van der Waals surface area (Å²) in [6, 6.07) is 9.74. The van der Waals surface area contributed by atoms with Crippen LogP contribution in [0.2, 0.25) is 0 Å². The molecule has 2 aliphatic rings. The van der Waals surface area contributed by atoms with E-state index in [0.29, 0.717) is 30.0 Å². The second-order valence-electron chi connectivity index (χ2n) is 8.21. The first-order valence-corrected chi connectivity index (χ1v) is 10.6. The van der Waals surface area contributed by atoms with Gasteiger partial charge < -0.3 is 14.7 Å². The standard InChI is InChI=1S/C22H30N4O2.ClH/c1-16(18-10-7-12-23-15-18)14-20(27)26-13-6-5-11-19(26)22-24-21(25-28-22)17-8-3-2-4-9-17;/h2-4,8-9,16,18-19,23H,5-7,10-15H2,1H3;1H. The number of hydrogen-bond donors (Lipinski definition) is 1. The minimum absolute atomic E-state index is 0. The van der Waals surface area contributed by atoms with E-state index < -0.39 is 0 Å². The van der Waals surface area contributed by atoms with Crippen molar-refractivity contribution < 1.29 is 9.32 Å². The van der Waals surface area contributed by atoms with Crippen LogP contribution in [0.15, 0.2) is 34.9 Å². The van der Waals surface area contributed by atoms with Crippen LogP contribution in [-0.4, -0.2) is 40.6 Å². The number of nitrogens with zero attached hydrogens (tertiary/aromatic N) is 3. The molecule has 3 unspecified atom stereocenters. The topological polar surface area (TPSA) is 71.3 Å². The van der Waals surface area contributed by atoms with Gasteiger partial charge in [-0.2, -0.15) is 4.98 Å². The fourth-order valence-electron chi connectivity index (χ4n) is 4.49. The van der Waals surface area contributed by atoms with Gasteiger partial charge >= 0.3 is 0 Å². The van der Waals surface area contributed by atoms with Crippen LogP contribution in [0.1, 0.15) is 57.4 Å². The fraction of sp³-hybridized carbons (Fsp3) is 0.591. The van der Waals surface area contributed by atoms with E-state index in [1.54, 1.807) is 0 Å². The average molecular weight is 419 g/mol. The SMILES string of the molecule is CC(CC(=O)N1CCCCC1c1nc(-c2ccccc2)no1)C1CCCNC1.Cl. The zero-order valence-electron chi connectivity index (χ0n) is 17.0. The Morgan fingerprint density at radius 3 is 2.83 bits per heavy atom. The third kappa shape index (κ3) is 5.17. The van der Waals surface area contributed by atoms with E-state index in [2.05, 4.69) is 22.4 Å². The molecule has 7 heteroatoms. The number of rotatable bonds is 5. The molecule has 158 valence electrons. The molecule has 1 aromatic carbocycles. The number of benzene rings is 1. The third-order valence-corrected chi connectivity index (χ3v) is 6.22. The number of halogens is 1. The normalized spacial score (nSPS) is 23.3. The van der Waals surface area contributed by atoms with Gasteiger partial charge in [0.25, 0.3) is 0 Å². The molecule has 0 bridgehead atoms. The number of hydrogen-bond acceptors (Lipinski definition) is 5. The van der Waals surface area contributed by atoms with Crippen molar-refractivity contribution in [3.63, 3.8) is 0 Å². The molecule has 2 aliphatic heterocycles. The van der Waals surface area contributed by atoms with Crippen molar-refractivity contribution in [3.8, 4) is 11.4 Å². The summed E-state index contributed by atoms with van der Waals surface area (Å²) in [7, 11) is 0. The lowest BCUT2D eigenvalue weighted by atomic mass is 9.85. The molecule has 0 saturated carbocycles. The number of amides is 1. The predicted octanol–water partition coefficient (Wildman–Crippen LogP) is 4.24. The van der Waals surface area contributed by atoms with Crippen LogP contribution in [0.5, 0.6) is 0 Å². The maximum Gasteiger partial charge on any atom is 0.249 e. The van der Waals surface area contributed by atoms with Crippen LogP contribution in [0.4, 0.5) is 0 Å². The number of aromatic nitrogens is 2. The van der Waals surface area contributed by atoms with E-state index in [0.717, 1.165) is 44.5 Å². The van der Waals surface area contributed by atoms with Gasteiger partial charge in [-0.05, 0) is 57.0 Å². The molecule has 2 fully saturated rings. The first-order valence-electron chi connectivity index (χ1n) is 10.6. The van der Waals surface area contributed by atoms with Crippen LogP contribution >= 0.6 is 12.4 Å². The van der Waals surface area contributed by atoms with Gasteiger partial charge in [0, 0.05) is 18.5 Å². The van der Waals surface area contributed by atoms with Gasteiger partial charge in [-0.15, -0.1) is 12.4 Å². The van der Waals surface area contributed by atoms with Crippen molar-refractivity contribution >= 4 is 18.3 Å². The predicted molar refractivity (Wildman–Crippen MR) is 115 cm³/mol. The molecule has 0 aliphatic carbocycles. The summed E-state index contributed by atoms with van der Waals surface area (Å²) >= 11 is 0. The van der Waals surface area contributed by atoms with E-state index in [4.69, 9.17) is 4.52 Å². The number of carbonyl (C=O) groups is 1. The van der Waals surface area contributed by atoms with Crippen molar-refractivity contribution in [2.45, 2.75) is 51.5 Å². The van der Waals surface area contributed by atoms with E-state index in [1.807, 2.05) is 35.2 Å². The Kier molecular flexibility index (Phi) is 7.67. The minimum Gasteiger partial charge on any atom is -0.337 e. The highest BCUT2D eigenvalue weighted by Gasteiger charge is 2.33. The van der Waals surface area contributed by atoms with E-state index in [9.17, 15) is 4.79 Å². The quantitative estimate of drug-likeness (QED) is 0.786. The van der Waals surface area contributed by atoms with Crippen LogP contribution in [0, 0.1) is 11.8 Å². The molecule has 3 heterocycles. The molecule has 1 aromatic heterocycles. The summed E-state index contributed by atoms with van der Waals surface area (Å²) < 4.78 is 5.60. The van der Waals surface area contributed by atoms with Gasteiger partial charge in [-0.25, -0.2) is 0 Å². The van der Waals surface area contributed by atoms with Crippen LogP contribution in [-0.2, 0) is 4.79 Å². The molecule has 0 radical (unpaired) electrons. The molecule has 3 atom stereocenters. The number of nitrogens with one attached hydrogen (secondary N) is 1. The smallest absolute Gasteiger partial charge is 0.249 e. The lowest BCUT2D eigenvalue weighted by Crippen LogP contribution is -2.41. The molecule has 1 N–H and O–H groups in total. The molecular weight excluding hydrogens is 388 g/mol. The molecule has 6 nitrogen and oxygen atoms in total. The first kappa shape index (κ1) is 21.8. The second-order valence-corrected chi connectivity index (χ2v) is 8.21. The van der Waals surface area contributed by atoms with Crippen LogP contribution < -0.4 is 5.32 Å². The molecule has 4 rings (SSSR count). The Balaban J connectivity index is 0.00000240. The maximum absolute atomic E-state index is 13.1. The maximum atomic E-state index is 13.1. The number of likely N-dealkylation sites (tertiary alicyclic amines) is 1. The largest absolute Gasteiger partial charge is 0.337 e. The summed E-state index contributed by atoms with van der Waals surface area (Å²) in [6.07, 6.45) is 6.04. The third-order valence-electron chi connectivity index (χ3n) is 6.22. The Bertz CT molecular complexity index is 776. The van der Waals surface area contributed by atoms with Crippen LogP contribution in [0.3, 0.4) is 0 Å². The van der Waals surface area contributed by atoms with E-state index in [1.165, 1.54) is 12.8 Å². The van der Waals surface area contributed by atoms with Gasteiger partial charge in [0.1, 0.15) is 6.04 Å². The van der Waals surface area contributed by atoms with Gasteiger partial charge in [-0.1, -0.05) is 42.4 Å². The van der Waals surface area contributed by atoms with Crippen LogP contribution in [0.25, 0.3) is 11.4 Å². The Labute approximate surface area is 178 Å². The monoisotopic (exact) mass is 418 g/mol. The van der Waals surface area contributed by atoms with Crippen molar-refractivity contribution in [2.75, 3.05) is 19.6 Å². The first-order chi connectivity index (χ1) is 13.7. The highest BCUT2D eigenvalue weighted by Crippen LogP contribution is 2.33. The highest BCUT2D eigenvalue weighted by atomic mass is 35.5. The minimum atomic E-state index is -0.0945. The number of carbonyl (C=O) groups excluding carboxylic acids is 1. The van der Waals surface area contributed by atoms with Gasteiger partial charge in [0.2, 0.25) is 17.6 Å². The van der Waals surface area contributed by atoms with E-state index in [-0.39, 0.29) is 24.4 Å². The van der Waals surface area contributed by atoms with Crippen molar-refractivity contribution in [1.82, 2.24) is 20.4 Å². The molecule has 2 saturated heterocycles. The van der Waals surface area contributed by atoms with Crippen molar-refractivity contribution in [3.05, 3.63) is 36.2 Å². The summed E-state index contributed by atoms with van der Waals surface area (Å²) in [4.78, 5) is 19.7. The average Bonchev–Trinajstić information content (AvgIpc) is 3.25. The number of piperidine rings is 2. The van der Waals surface area contributed by atoms with E-state index >= 15 is 0 Å². The Hall–Kier alpha value is -1.92. The van der Waals surface area contributed by atoms with Crippen molar-refractivity contribution in [2.24, 2.45) is 11.8 Å². The molecule has 2 aromatic rings. The lowest BCUT2D eigenvalue weighted by molar-refractivity contribution is -0.137. The fourth-order valence-corrected chi connectivity index (χ4v) is 4.49. The van der Waals surface area contributed by atoms with Gasteiger partial charge in [0.05, 0.1) is 0 Å². The molecule has 1 amide bonds.